The van der Waals surface area contributed by atoms with Gasteiger partial charge in [0.25, 0.3) is 0 Å². The standard InChI is InChI=1S/C23H25FN4O3/c1-14(2)13-31-23(30)25-16-9-10-28(12-16)22-18-11-15(24)7-8-19(18)26-21(27-22)17-5-3-4-6-20(17)29/h3-8,11,14,16,29H,9-10,12-13H2,1-2H3,(H,25,30). The number of carbonyl (C=O) groups excluding carboxylic acids is 1. The van der Waals surface area contributed by atoms with Crippen molar-refractivity contribution in [1.82, 2.24) is 15.3 Å². The number of carbonyl (C=O) groups is 1. The fourth-order valence-corrected chi connectivity index (χ4v) is 3.63. The van der Waals surface area contributed by atoms with Gasteiger partial charge in [0.05, 0.1) is 23.7 Å². The molecule has 7 nitrogen and oxygen atoms in total. The number of aromatic nitrogens is 2. The number of ether oxygens (including phenoxy) is 1. The molecule has 1 aromatic heterocycles. The van der Waals surface area contributed by atoms with Crippen molar-refractivity contribution in [3.05, 3.63) is 48.3 Å². The zero-order chi connectivity index (χ0) is 22.0. The molecule has 1 aliphatic rings. The molecule has 4 rings (SSSR count). The van der Waals surface area contributed by atoms with E-state index in [1.54, 1.807) is 30.3 Å². The minimum Gasteiger partial charge on any atom is -0.507 e. The first-order valence-electron chi connectivity index (χ1n) is 10.3. The van der Waals surface area contributed by atoms with Crippen LogP contribution in [0.15, 0.2) is 42.5 Å². The molecular formula is C23H25FN4O3. The number of benzene rings is 2. The lowest BCUT2D eigenvalue weighted by Gasteiger charge is -2.21. The molecule has 1 amide bonds. The molecule has 0 bridgehead atoms. The molecule has 0 radical (unpaired) electrons. The van der Waals surface area contributed by atoms with Gasteiger partial charge < -0.3 is 20.1 Å². The van der Waals surface area contributed by atoms with Crippen molar-refractivity contribution in [3.63, 3.8) is 0 Å². The summed E-state index contributed by atoms with van der Waals surface area (Å²) in [4.78, 5) is 23.2. The van der Waals surface area contributed by atoms with E-state index >= 15 is 0 Å². The van der Waals surface area contributed by atoms with Crippen LogP contribution in [0, 0.1) is 11.7 Å². The normalized spacial score (nSPS) is 16.1. The lowest BCUT2D eigenvalue weighted by Crippen LogP contribution is -2.38. The summed E-state index contributed by atoms with van der Waals surface area (Å²) in [5.74, 6) is 0.894. The van der Waals surface area contributed by atoms with E-state index in [4.69, 9.17) is 4.74 Å². The van der Waals surface area contributed by atoms with Gasteiger partial charge >= 0.3 is 6.09 Å². The molecule has 2 N–H and O–H groups in total. The smallest absolute Gasteiger partial charge is 0.407 e. The average molecular weight is 424 g/mol. The average Bonchev–Trinajstić information content (AvgIpc) is 3.20. The molecule has 2 aromatic carbocycles. The molecule has 31 heavy (non-hydrogen) atoms. The van der Waals surface area contributed by atoms with Crippen LogP contribution in [-0.2, 0) is 4.74 Å². The molecule has 162 valence electrons. The van der Waals surface area contributed by atoms with Crippen LogP contribution >= 0.6 is 0 Å². The summed E-state index contributed by atoms with van der Waals surface area (Å²) in [6.45, 7) is 5.47. The van der Waals surface area contributed by atoms with Gasteiger partial charge in [0, 0.05) is 18.5 Å². The highest BCUT2D eigenvalue weighted by Crippen LogP contribution is 2.33. The monoisotopic (exact) mass is 424 g/mol. The Labute approximate surface area is 179 Å². The van der Waals surface area contributed by atoms with E-state index < -0.39 is 6.09 Å². The Morgan fingerprint density at radius 1 is 1.29 bits per heavy atom. The van der Waals surface area contributed by atoms with Crippen molar-refractivity contribution in [2.45, 2.75) is 26.3 Å². The maximum absolute atomic E-state index is 14.0. The molecule has 1 unspecified atom stereocenters. The number of alkyl carbamates (subject to hydrolysis) is 1. The summed E-state index contributed by atoms with van der Waals surface area (Å²) in [6, 6.07) is 11.1. The zero-order valence-corrected chi connectivity index (χ0v) is 17.5. The summed E-state index contributed by atoms with van der Waals surface area (Å²) in [7, 11) is 0. The molecule has 1 aliphatic heterocycles. The SMILES string of the molecule is CC(C)COC(=O)NC1CCN(c2nc(-c3ccccc3O)nc3ccc(F)cc23)C1. The summed E-state index contributed by atoms with van der Waals surface area (Å²) in [5.41, 5.74) is 1.08. The number of phenols is 1. The van der Waals surface area contributed by atoms with Crippen molar-refractivity contribution >= 4 is 22.8 Å². The fraction of sp³-hybridized carbons (Fsp3) is 0.348. The molecule has 0 spiro atoms. The van der Waals surface area contributed by atoms with Gasteiger partial charge in [0.1, 0.15) is 17.4 Å². The Hall–Kier alpha value is -3.42. The topological polar surface area (TPSA) is 87.6 Å². The number of phenolic OH excluding ortho intramolecular Hbond substituents is 1. The number of para-hydroxylation sites is 1. The molecule has 0 saturated carbocycles. The Morgan fingerprint density at radius 3 is 2.87 bits per heavy atom. The highest BCUT2D eigenvalue weighted by molar-refractivity contribution is 5.91. The number of nitrogens with zero attached hydrogens (tertiary/aromatic N) is 3. The first-order chi connectivity index (χ1) is 14.9. The molecule has 1 fully saturated rings. The zero-order valence-electron chi connectivity index (χ0n) is 17.5. The molecule has 2 heterocycles. The third kappa shape index (κ3) is 4.68. The number of halogens is 1. The van der Waals surface area contributed by atoms with Gasteiger partial charge in [-0.2, -0.15) is 0 Å². The van der Waals surface area contributed by atoms with Gasteiger partial charge in [-0.3, -0.25) is 0 Å². The number of rotatable bonds is 5. The van der Waals surface area contributed by atoms with Crippen LogP contribution in [0.4, 0.5) is 15.0 Å². The highest BCUT2D eigenvalue weighted by Gasteiger charge is 2.27. The molecule has 0 aliphatic carbocycles. The first kappa shape index (κ1) is 20.8. The van der Waals surface area contributed by atoms with Gasteiger partial charge in [0.15, 0.2) is 5.82 Å². The van der Waals surface area contributed by atoms with E-state index in [2.05, 4.69) is 15.3 Å². The van der Waals surface area contributed by atoms with Crippen LogP contribution in [0.5, 0.6) is 5.75 Å². The summed E-state index contributed by atoms with van der Waals surface area (Å²) >= 11 is 0. The van der Waals surface area contributed by atoms with Crippen molar-refractivity contribution < 1.29 is 19.0 Å². The largest absolute Gasteiger partial charge is 0.507 e. The maximum Gasteiger partial charge on any atom is 0.407 e. The molecule has 3 aromatic rings. The van der Waals surface area contributed by atoms with E-state index in [-0.39, 0.29) is 23.5 Å². The number of amides is 1. The number of fused-ring (bicyclic) bond motifs is 1. The minimum atomic E-state index is -0.436. The number of hydrogen-bond acceptors (Lipinski definition) is 6. The fourth-order valence-electron chi connectivity index (χ4n) is 3.63. The lowest BCUT2D eigenvalue weighted by atomic mass is 10.1. The Morgan fingerprint density at radius 2 is 2.10 bits per heavy atom. The van der Waals surface area contributed by atoms with Gasteiger partial charge in [-0.05, 0) is 42.7 Å². The predicted molar refractivity (Wildman–Crippen MR) is 117 cm³/mol. The third-order valence-electron chi connectivity index (χ3n) is 5.14. The van der Waals surface area contributed by atoms with Crippen LogP contribution in [-0.4, -0.2) is 46.9 Å². The number of aromatic hydroxyl groups is 1. The lowest BCUT2D eigenvalue weighted by molar-refractivity contribution is 0.130. The van der Waals surface area contributed by atoms with E-state index in [9.17, 15) is 14.3 Å². The van der Waals surface area contributed by atoms with Crippen molar-refractivity contribution in [1.29, 1.82) is 0 Å². The first-order valence-corrected chi connectivity index (χ1v) is 10.3. The second-order valence-corrected chi connectivity index (χ2v) is 8.12. The van der Waals surface area contributed by atoms with Crippen molar-refractivity contribution in [2.24, 2.45) is 5.92 Å². The Kier molecular flexibility index (Phi) is 5.88. The quantitative estimate of drug-likeness (QED) is 0.641. The predicted octanol–water partition coefficient (Wildman–Crippen LogP) is 4.10. The van der Waals surface area contributed by atoms with Crippen LogP contribution in [0.2, 0.25) is 0 Å². The van der Waals surface area contributed by atoms with Crippen LogP contribution in [0.1, 0.15) is 20.3 Å². The highest BCUT2D eigenvalue weighted by atomic mass is 19.1. The van der Waals surface area contributed by atoms with Gasteiger partial charge in [0.2, 0.25) is 0 Å². The number of hydrogen-bond donors (Lipinski definition) is 2. The van der Waals surface area contributed by atoms with E-state index in [1.807, 2.05) is 18.7 Å². The second kappa shape index (κ2) is 8.75. The van der Waals surface area contributed by atoms with Gasteiger partial charge in [-0.1, -0.05) is 26.0 Å². The van der Waals surface area contributed by atoms with Crippen LogP contribution in [0.25, 0.3) is 22.3 Å². The molecule has 8 heteroatoms. The minimum absolute atomic E-state index is 0.0729. The number of anilines is 1. The second-order valence-electron chi connectivity index (χ2n) is 8.12. The van der Waals surface area contributed by atoms with Crippen LogP contribution < -0.4 is 10.2 Å². The Bertz CT molecular complexity index is 1110. The van der Waals surface area contributed by atoms with Gasteiger partial charge in [-0.15, -0.1) is 0 Å². The van der Waals surface area contributed by atoms with Crippen molar-refractivity contribution in [3.8, 4) is 17.1 Å². The summed E-state index contributed by atoms with van der Waals surface area (Å²) < 4.78 is 19.2. The van der Waals surface area contributed by atoms with E-state index in [1.165, 1.54) is 12.1 Å². The third-order valence-corrected chi connectivity index (χ3v) is 5.14. The molecule has 1 atom stereocenters. The molecular weight excluding hydrogens is 399 g/mol. The van der Waals surface area contributed by atoms with Crippen molar-refractivity contribution in [2.75, 3.05) is 24.6 Å². The van der Waals surface area contributed by atoms with Gasteiger partial charge in [-0.25, -0.2) is 19.2 Å². The summed E-state index contributed by atoms with van der Waals surface area (Å²) in [6.07, 6.45) is 0.276. The van der Waals surface area contributed by atoms with Crippen LogP contribution in [0.3, 0.4) is 0 Å². The summed E-state index contributed by atoms with van der Waals surface area (Å²) in [5, 5.41) is 13.7. The van der Waals surface area contributed by atoms with E-state index in [0.29, 0.717) is 54.2 Å². The Balaban J connectivity index is 1.63. The number of nitrogens with one attached hydrogen (secondary N) is 1. The van der Waals surface area contributed by atoms with E-state index in [0.717, 1.165) is 0 Å². The maximum atomic E-state index is 14.0. The molecule has 1 saturated heterocycles.